The fourth-order valence-corrected chi connectivity index (χ4v) is 4.65. The van der Waals surface area contributed by atoms with E-state index in [-0.39, 0.29) is 16.5 Å². The average molecular weight is 408 g/mol. The summed E-state index contributed by atoms with van der Waals surface area (Å²) in [7, 11) is 0. The molecule has 0 radical (unpaired) electrons. The van der Waals surface area contributed by atoms with E-state index in [1.165, 1.54) is 5.56 Å². The van der Waals surface area contributed by atoms with Crippen LogP contribution in [0.1, 0.15) is 36.8 Å². The summed E-state index contributed by atoms with van der Waals surface area (Å²) >= 11 is 0. The SMILES string of the molecule is O=C(C1CCN(c2ccc([N+](=O)[O-])c(CCc3ccccc3)c2)CC1)N1CCCC1. The Kier molecular flexibility index (Phi) is 6.31. The van der Waals surface area contributed by atoms with E-state index < -0.39 is 0 Å². The van der Waals surface area contributed by atoms with E-state index in [0.717, 1.165) is 69.5 Å². The number of anilines is 1. The lowest BCUT2D eigenvalue weighted by atomic mass is 9.94. The van der Waals surface area contributed by atoms with Gasteiger partial charge in [0, 0.05) is 49.4 Å². The number of hydrogen-bond donors (Lipinski definition) is 0. The Hall–Kier alpha value is -2.89. The monoisotopic (exact) mass is 407 g/mol. The molecule has 0 saturated carbocycles. The van der Waals surface area contributed by atoms with Crippen LogP contribution in [0.2, 0.25) is 0 Å². The van der Waals surface area contributed by atoms with Gasteiger partial charge in [-0.2, -0.15) is 0 Å². The maximum atomic E-state index is 12.7. The van der Waals surface area contributed by atoms with Gasteiger partial charge in [-0.1, -0.05) is 30.3 Å². The van der Waals surface area contributed by atoms with Gasteiger partial charge in [-0.15, -0.1) is 0 Å². The molecule has 2 fully saturated rings. The summed E-state index contributed by atoms with van der Waals surface area (Å²) < 4.78 is 0. The molecule has 1 amide bonds. The molecule has 0 unspecified atom stereocenters. The molecule has 2 saturated heterocycles. The van der Waals surface area contributed by atoms with Crippen molar-refractivity contribution in [3.63, 3.8) is 0 Å². The Morgan fingerprint density at radius 3 is 2.33 bits per heavy atom. The van der Waals surface area contributed by atoms with Crippen LogP contribution in [-0.4, -0.2) is 41.9 Å². The Balaban J connectivity index is 1.42. The first kappa shape index (κ1) is 20.4. The second kappa shape index (κ2) is 9.28. The minimum atomic E-state index is -0.287. The lowest BCUT2D eigenvalue weighted by Crippen LogP contribution is -2.41. The predicted octanol–water partition coefficient (Wildman–Crippen LogP) is 4.22. The predicted molar refractivity (Wildman–Crippen MR) is 118 cm³/mol. The van der Waals surface area contributed by atoms with E-state index in [1.807, 2.05) is 35.2 Å². The molecule has 6 nitrogen and oxygen atoms in total. The van der Waals surface area contributed by atoms with Crippen molar-refractivity contribution in [2.75, 3.05) is 31.1 Å². The number of benzene rings is 2. The van der Waals surface area contributed by atoms with Crippen molar-refractivity contribution in [1.29, 1.82) is 0 Å². The number of carbonyl (C=O) groups is 1. The first-order valence-corrected chi connectivity index (χ1v) is 11.0. The third-order valence-corrected chi connectivity index (χ3v) is 6.41. The maximum Gasteiger partial charge on any atom is 0.272 e. The molecule has 0 aromatic heterocycles. The summed E-state index contributed by atoms with van der Waals surface area (Å²) in [5.41, 5.74) is 3.17. The molecule has 6 heteroatoms. The van der Waals surface area contributed by atoms with Gasteiger partial charge in [-0.25, -0.2) is 0 Å². The zero-order valence-electron chi connectivity index (χ0n) is 17.3. The average Bonchev–Trinajstić information content (AvgIpc) is 3.33. The van der Waals surface area contributed by atoms with Gasteiger partial charge in [0.05, 0.1) is 4.92 Å². The van der Waals surface area contributed by atoms with E-state index in [9.17, 15) is 14.9 Å². The largest absolute Gasteiger partial charge is 0.371 e. The Bertz CT molecular complexity index is 886. The lowest BCUT2D eigenvalue weighted by molar-refractivity contribution is -0.385. The number of nitro groups is 1. The number of nitrogens with zero attached hydrogens (tertiary/aromatic N) is 3. The highest BCUT2D eigenvalue weighted by Crippen LogP contribution is 2.30. The van der Waals surface area contributed by atoms with Crippen molar-refractivity contribution in [3.05, 3.63) is 69.8 Å². The minimum Gasteiger partial charge on any atom is -0.371 e. The van der Waals surface area contributed by atoms with Crippen LogP contribution in [-0.2, 0) is 17.6 Å². The minimum absolute atomic E-state index is 0.120. The summed E-state index contributed by atoms with van der Waals surface area (Å²) in [6, 6.07) is 15.5. The first-order chi connectivity index (χ1) is 14.6. The molecule has 30 heavy (non-hydrogen) atoms. The molecule has 0 bridgehead atoms. The van der Waals surface area contributed by atoms with E-state index in [1.54, 1.807) is 6.07 Å². The number of aryl methyl sites for hydroxylation is 2. The van der Waals surface area contributed by atoms with Crippen LogP contribution in [0.15, 0.2) is 48.5 Å². The Morgan fingerprint density at radius 2 is 1.67 bits per heavy atom. The van der Waals surface area contributed by atoms with Crippen molar-refractivity contribution < 1.29 is 9.72 Å². The highest BCUT2D eigenvalue weighted by molar-refractivity contribution is 5.79. The highest BCUT2D eigenvalue weighted by Gasteiger charge is 2.30. The van der Waals surface area contributed by atoms with Gasteiger partial charge in [0.2, 0.25) is 5.91 Å². The molecule has 2 aliphatic rings. The summed E-state index contributed by atoms with van der Waals surface area (Å²) in [6.07, 6.45) is 5.37. The smallest absolute Gasteiger partial charge is 0.272 e. The zero-order chi connectivity index (χ0) is 20.9. The molecule has 2 heterocycles. The van der Waals surface area contributed by atoms with Gasteiger partial charge >= 0.3 is 0 Å². The number of rotatable bonds is 6. The molecule has 0 atom stereocenters. The summed E-state index contributed by atoms with van der Waals surface area (Å²) in [5.74, 6) is 0.439. The van der Waals surface area contributed by atoms with Crippen molar-refractivity contribution in [2.24, 2.45) is 5.92 Å². The molecule has 2 aromatic carbocycles. The summed E-state index contributed by atoms with van der Waals surface area (Å²) in [5, 5.41) is 11.5. The number of amides is 1. The number of piperidine rings is 1. The molecule has 0 N–H and O–H groups in total. The van der Waals surface area contributed by atoms with E-state index in [4.69, 9.17) is 0 Å². The second-order valence-corrected chi connectivity index (χ2v) is 8.35. The van der Waals surface area contributed by atoms with Crippen molar-refractivity contribution in [2.45, 2.75) is 38.5 Å². The molecular formula is C24H29N3O3. The van der Waals surface area contributed by atoms with Crippen LogP contribution in [0.3, 0.4) is 0 Å². The van der Waals surface area contributed by atoms with Gasteiger partial charge in [-0.3, -0.25) is 14.9 Å². The van der Waals surface area contributed by atoms with E-state index in [0.29, 0.717) is 12.3 Å². The summed E-state index contributed by atoms with van der Waals surface area (Å²) in [6.45, 7) is 3.46. The number of nitro benzene ring substituents is 1. The van der Waals surface area contributed by atoms with Gasteiger partial charge < -0.3 is 9.80 Å². The van der Waals surface area contributed by atoms with Crippen LogP contribution in [0.4, 0.5) is 11.4 Å². The van der Waals surface area contributed by atoms with Crippen LogP contribution in [0, 0.1) is 16.0 Å². The maximum absolute atomic E-state index is 12.7. The molecule has 4 rings (SSSR count). The highest BCUT2D eigenvalue weighted by atomic mass is 16.6. The molecule has 158 valence electrons. The fraction of sp³-hybridized carbons (Fsp3) is 0.458. The number of likely N-dealkylation sites (tertiary alicyclic amines) is 1. The van der Waals surface area contributed by atoms with Gasteiger partial charge in [0.25, 0.3) is 5.69 Å². The molecule has 0 aliphatic carbocycles. The van der Waals surface area contributed by atoms with Gasteiger partial charge in [0.1, 0.15) is 0 Å². The quantitative estimate of drug-likeness (QED) is 0.531. The molecular weight excluding hydrogens is 378 g/mol. The normalized spacial score (nSPS) is 17.3. The third kappa shape index (κ3) is 4.64. The Labute approximate surface area is 177 Å². The van der Waals surface area contributed by atoms with Crippen LogP contribution < -0.4 is 4.90 Å². The van der Waals surface area contributed by atoms with Crippen molar-refractivity contribution >= 4 is 17.3 Å². The van der Waals surface area contributed by atoms with Gasteiger partial charge in [-0.05, 0) is 56.2 Å². The van der Waals surface area contributed by atoms with Crippen molar-refractivity contribution in [3.8, 4) is 0 Å². The van der Waals surface area contributed by atoms with E-state index >= 15 is 0 Å². The fourth-order valence-electron chi connectivity index (χ4n) is 4.65. The van der Waals surface area contributed by atoms with Crippen LogP contribution >= 0.6 is 0 Å². The summed E-state index contributed by atoms with van der Waals surface area (Å²) in [4.78, 5) is 28.2. The third-order valence-electron chi connectivity index (χ3n) is 6.41. The second-order valence-electron chi connectivity index (χ2n) is 8.35. The Morgan fingerprint density at radius 1 is 0.967 bits per heavy atom. The van der Waals surface area contributed by atoms with Gasteiger partial charge in [0.15, 0.2) is 0 Å². The zero-order valence-corrected chi connectivity index (χ0v) is 17.3. The van der Waals surface area contributed by atoms with Crippen molar-refractivity contribution in [1.82, 2.24) is 4.90 Å². The van der Waals surface area contributed by atoms with Crippen LogP contribution in [0.25, 0.3) is 0 Å². The molecule has 2 aromatic rings. The van der Waals surface area contributed by atoms with Crippen LogP contribution in [0.5, 0.6) is 0 Å². The molecule has 0 spiro atoms. The van der Waals surface area contributed by atoms with E-state index in [2.05, 4.69) is 17.0 Å². The number of carbonyl (C=O) groups excluding carboxylic acids is 1. The lowest BCUT2D eigenvalue weighted by Gasteiger charge is -2.34. The first-order valence-electron chi connectivity index (χ1n) is 11.0. The number of hydrogen-bond acceptors (Lipinski definition) is 4. The molecule has 2 aliphatic heterocycles. The topological polar surface area (TPSA) is 66.7 Å². The standard InChI is InChI=1S/C24H29N3O3/c28-24(26-14-4-5-15-26)20-12-16-25(17-13-20)22-10-11-23(27(29)30)21(18-22)9-8-19-6-2-1-3-7-19/h1-3,6-7,10-11,18,20H,4-5,8-9,12-17H2.